The van der Waals surface area contributed by atoms with Crippen molar-refractivity contribution in [3.63, 3.8) is 0 Å². The van der Waals surface area contributed by atoms with Crippen LogP contribution in [0.3, 0.4) is 0 Å². The number of aliphatic carboxylic acids is 1. The summed E-state index contributed by atoms with van der Waals surface area (Å²) in [6.07, 6.45) is 7.47. The van der Waals surface area contributed by atoms with E-state index in [9.17, 15) is 14.7 Å². The molecule has 2 aliphatic carbocycles. The second-order valence-electron chi connectivity index (χ2n) is 8.15. The number of nitrogens with one attached hydrogen (secondary N) is 1. The molecule has 2 aliphatic heterocycles. The third-order valence-electron chi connectivity index (χ3n) is 5.88. The van der Waals surface area contributed by atoms with E-state index in [4.69, 9.17) is 9.84 Å². The maximum atomic E-state index is 11.4. The van der Waals surface area contributed by atoms with Gasteiger partial charge in [0, 0.05) is 23.9 Å². The van der Waals surface area contributed by atoms with Gasteiger partial charge in [-0.15, -0.1) is 0 Å². The van der Waals surface area contributed by atoms with Crippen molar-refractivity contribution in [1.82, 2.24) is 4.98 Å². The van der Waals surface area contributed by atoms with E-state index in [2.05, 4.69) is 16.5 Å². The lowest BCUT2D eigenvalue weighted by atomic mass is 9.82. The van der Waals surface area contributed by atoms with E-state index >= 15 is 0 Å². The maximum absolute atomic E-state index is 11.4. The Kier molecular flexibility index (Phi) is 4.49. The average molecular weight is 415 g/mol. The number of carboxylic acid groups (broad SMARTS) is 1. The molecule has 4 aliphatic rings. The Balaban J connectivity index is 1.47. The van der Waals surface area contributed by atoms with Crippen LogP contribution in [-0.4, -0.2) is 38.6 Å². The van der Waals surface area contributed by atoms with Crippen molar-refractivity contribution in [3.8, 4) is 0 Å². The lowest BCUT2D eigenvalue weighted by Crippen LogP contribution is -2.23. The van der Waals surface area contributed by atoms with E-state index < -0.39 is 5.97 Å². The quantitative estimate of drug-likeness (QED) is 0.736. The molecule has 29 heavy (non-hydrogen) atoms. The maximum Gasteiger partial charge on any atom is 0.306 e. The zero-order valence-corrected chi connectivity index (χ0v) is 17.0. The zero-order chi connectivity index (χ0) is 20.1. The van der Waals surface area contributed by atoms with Crippen LogP contribution in [0.25, 0.3) is 5.70 Å². The highest BCUT2D eigenvalue weighted by Crippen LogP contribution is 2.45. The van der Waals surface area contributed by atoms with Crippen LogP contribution in [0.5, 0.6) is 0 Å². The molecule has 152 valence electrons. The highest BCUT2D eigenvalue weighted by Gasteiger charge is 2.47. The third-order valence-corrected chi connectivity index (χ3v) is 6.90. The number of thiazole rings is 1. The molecule has 2 fully saturated rings. The summed E-state index contributed by atoms with van der Waals surface area (Å²) in [5.74, 6) is 0.508. The lowest BCUT2D eigenvalue weighted by molar-refractivity contribution is -0.431. The van der Waals surface area contributed by atoms with Gasteiger partial charge in [-0.05, 0) is 38.5 Å². The molecule has 3 heterocycles. The van der Waals surface area contributed by atoms with Crippen LogP contribution >= 0.6 is 11.3 Å². The fraction of sp³-hybridized carbons (Fsp3) is 0.550. The van der Waals surface area contributed by atoms with Crippen LogP contribution < -0.4 is 5.32 Å². The normalized spacial score (nSPS) is 27.2. The van der Waals surface area contributed by atoms with Crippen molar-refractivity contribution in [2.24, 2.45) is 22.9 Å². The second kappa shape index (κ2) is 7.05. The summed E-state index contributed by atoms with van der Waals surface area (Å²) in [5, 5.41) is 17.5. The smallest absolute Gasteiger partial charge is 0.306 e. The summed E-state index contributed by atoms with van der Waals surface area (Å²) in [4.78, 5) is 28.2. The number of nitrogens with zero attached hydrogens (tertiary/aromatic N) is 3. The first-order valence-electron chi connectivity index (χ1n) is 10.1. The van der Waals surface area contributed by atoms with Gasteiger partial charge in [0.05, 0.1) is 5.92 Å². The average Bonchev–Trinajstić information content (AvgIpc) is 3.34. The molecule has 1 amide bonds. The van der Waals surface area contributed by atoms with Crippen molar-refractivity contribution in [1.29, 1.82) is 0 Å². The Morgan fingerprint density at radius 1 is 1.24 bits per heavy atom. The molecule has 2 saturated carbocycles. The van der Waals surface area contributed by atoms with Gasteiger partial charge in [0.15, 0.2) is 17.1 Å². The van der Waals surface area contributed by atoms with E-state index in [1.807, 2.05) is 4.68 Å². The minimum Gasteiger partial charge on any atom is -0.481 e. The van der Waals surface area contributed by atoms with E-state index in [0.717, 1.165) is 53.4 Å². The Morgan fingerprint density at radius 2 is 2.00 bits per heavy atom. The summed E-state index contributed by atoms with van der Waals surface area (Å²) >= 11 is 1.45. The fourth-order valence-electron chi connectivity index (χ4n) is 4.21. The first-order valence-corrected chi connectivity index (χ1v) is 10.9. The van der Waals surface area contributed by atoms with Gasteiger partial charge in [0.25, 0.3) is 0 Å². The van der Waals surface area contributed by atoms with Gasteiger partial charge < -0.3 is 15.2 Å². The monoisotopic (exact) mass is 415 g/mol. The number of hydrazone groups is 1. The van der Waals surface area contributed by atoms with E-state index in [0.29, 0.717) is 30.5 Å². The Labute approximate surface area is 172 Å². The summed E-state index contributed by atoms with van der Waals surface area (Å²) in [5.41, 5.74) is 2.75. The Morgan fingerprint density at radius 3 is 2.66 bits per heavy atom. The number of aromatic nitrogens is 1. The number of rotatable bonds is 4. The lowest BCUT2D eigenvalue weighted by Gasteiger charge is -2.21. The number of ether oxygens (including phenoxy) is 1. The third kappa shape index (κ3) is 3.48. The second-order valence-corrected chi connectivity index (χ2v) is 9.14. The molecular formula is C20H23N4O4S+. The molecule has 0 unspecified atom stereocenters. The van der Waals surface area contributed by atoms with Gasteiger partial charge in [-0.25, -0.2) is 4.98 Å². The minimum absolute atomic E-state index is 0.147. The fourth-order valence-corrected chi connectivity index (χ4v) is 5.26. The number of amides is 1. The van der Waals surface area contributed by atoms with Gasteiger partial charge in [0.2, 0.25) is 11.7 Å². The predicted molar refractivity (Wildman–Crippen MR) is 108 cm³/mol. The number of carbonyl (C=O) groups is 2. The molecule has 0 spiro atoms. The zero-order valence-electron chi connectivity index (χ0n) is 16.2. The molecule has 0 radical (unpaired) electrons. The first-order chi connectivity index (χ1) is 14.0. The van der Waals surface area contributed by atoms with E-state index in [1.54, 1.807) is 0 Å². The molecule has 0 aromatic carbocycles. The number of anilines is 1. The number of carbonyl (C=O) groups excluding carboxylic acids is 1. The molecule has 1 aromatic rings. The molecule has 2 N–H and O–H groups in total. The molecule has 0 saturated heterocycles. The standard InChI is InChI=1S/C20H22N4O4S/c1-10(25)21-20-22-14-9-28-17-15(12-6-7-12)23-24(16(17)18(14)29-20)8-11-2-4-13(5-3-11)19(26)27/h8,11-13H,2-7,9H2,1H3,(H-,21,22,23,25,26,27)/p+1. The molecule has 9 heteroatoms. The predicted octanol–water partition coefficient (Wildman–Crippen LogP) is 3.05. The number of hydrogen-bond acceptors (Lipinski definition) is 6. The van der Waals surface area contributed by atoms with Crippen LogP contribution in [0, 0.1) is 17.8 Å². The van der Waals surface area contributed by atoms with Crippen molar-refractivity contribution in [3.05, 3.63) is 16.3 Å². The summed E-state index contributed by atoms with van der Waals surface area (Å²) in [6.45, 7) is 1.85. The van der Waals surface area contributed by atoms with Crippen molar-refractivity contribution in [2.75, 3.05) is 5.32 Å². The first kappa shape index (κ1) is 18.5. The van der Waals surface area contributed by atoms with Crippen molar-refractivity contribution in [2.45, 2.75) is 52.1 Å². The van der Waals surface area contributed by atoms with Crippen LogP contribution in [-0.2, 0) is 20.9 Å². The van der Waals surface area contributed by atoms with Crippen LogP contribution in [0.15, 0.2) is 10.9 Å². The van der Waals surface area contributed by atoms with Gasteiger partial charge >= 0.3 is 11.7 Å². The molecule has 1 aromatic heterocycles. The largest absolute Gasteiger partial charge is 0.481 e. The Hall–Kier alpha value is -2.55. The van der Waals surface area contributed by atoms with Gasteiger partial charge in [-0.3, -0.25) is 9.59 Å². The summed E-state index contributed by atoms with van der Waals surface area (Å²) in [7, 11) is 0. The highest BCUT2D eigenvalue weighted by molar-refractivity contribution is 7.16. The van der Waals surface area contributed by atoms with Crippen LogP contribution in [0.1, 0.15) is 56.0 Å². The highest BCUT2D eigenvalue weighted by atomic mass is 32.1. The molecular weight excluding hydrogens is 392 g/mol. The van der Waals surface area contributed by atoms with E-state index in [1.165, 1.54) is 18.3 Å². The minimum atomic E-state index is -0.691. The van der Waals surface area contributed by atoms with Crippen LogP contribution in [0.2, 0.25) is 0 Å². The number of fused-ring (bicyclic) bond motifs is 2. The van der Waals surface area contributed by atoms with Crippen molar-refractivity contribution < 1.29 is 24.1 Å². The topological polar surface area (TPSA) is 104 Å². The molecule has 0 bridgehead atoms. The van der Waals surface area contributed by atoms with Crippen LogP contribution in [0.4, 0.5) is 5.13 Å². The SMILES string of the molecule is CC(=O)Nc1nc2c(s1)C1=C(OC2)C(C2CC2)=N[N+]1=CC1CCC(C(=O)O)CC1. The summed E-state index contributed by atoms with van der Waals surface area (Å²) in [6, 6.07) is 0. The number of allylic oxidation sites excluding steroid dienone is 1. The molecule has 8 nitrogen and oxygen atoms in total. The molecule has 0 atom stereocenters. The van der Waals surface area contributed by atoms with Gasteiger partial charge in [-0.1, -0.05) is 16.0 Å². The number of carboxylic acids is 1. The van der Waals surface area contributed by atoms with Gasteiger partial charge in [-0.2, -0.15) is 0 Å². The number of hydrogen-bond donors (Lipinski definition) is 2. The van der Waals surface area contributed by atoms with Crippen molar-refractivity contribution >= 4 is 46.0 Å². The van der Waals surface area contributed by atoms with Gasteiger partial charge in [0.1, 0.15) is 17.2 Å². The Bertz CT molecular complexity index is 981. The molecule has 5 rings (SSSR count). The van der Waals surface area contributed by atoms with E-state index in [-0.39, 0.29) is 17.7 Å². The summed E-state index contributed by atoms with van der Waals surface area (Å²) < 4.78 is 8.00.